The SMILES string of the molecule is Cc1cc(C)c(C#N)c(N2CCN(CC(=O)N(C)C)CC2)n1. The van der Waals surface area contributed by atoms with Crippen molar-refractivity contribution in [3.05, 3.63) is 22.9 Å². The van der Waals surface area contributed by atoms with Gasteiger partial charge in [0, 0.05) is 46.0 Å². The predicted molar refractivity (Wildman–Crippen MR) is 85.8 cm³/mol. The lowest BCUT2D eigenvalue weighted by molar-refractivity contribution is -0.129. The van der Waals surface area contributed by atoms with Crippen LogP contribution in [0.2, 0.25) is 0 Å². The predicted octanol–water partition coefficient (Wildman–Crippen LogP) is 0.780. The molecule has 0 N–H and O–H groups in total. The number of rotatable bonds is 3. The van der Waals surface area contributed by atoms with Crippen molar-refractivity contribution in [3.8, 4) is 6.07 Å². The maximum atomic E-state index is 11.8. The molecule has 2 rings (SSSR count). The summed E-state index contributed by atoms with van der Waals surface area (Å²) in [7, 11) is 3.55. The zero-order valence-electron chi connectivity index (χ0n) is 13.8. The van der Waals surface area contributed by atoms with Gasteiger partial charge in [0.2, 0.25) is 5.91 Å². The molecular weight excluding hydrogens is 278 g/mol. The highest BCUT2D eigenvalue weighted by Gasteiger charge is 2.23. The van der Waals surface area contributed by atoms with Crippen molar-refractivity contribution in [3.63, 3.8) is 0 Å². The van der Waals surface area contributed by atoms with E-state index in [-0.39, 0.29) is 5.91 Å². The minimum absolute atomic E-state index is 0.121. The Hall–Kier alpha value is -2.13. The normalized spacial score (nSPS) is 15.5. The first kappa shape index (κ1) is 16.2. The Bertz CT molecular complexity index is 597. The highest BCUT2D eigenvalue weighted by Crippen LogP contribution is 2.22. The van der Waals surface area contributed by atoms with Crippen LogP contribution in [-0.4, -0.2) is 67.5 Å². The van der Waals surface area contributed by atoms with E-state index in [1.165, 1.54) is 0 Å². The third-order valence-electron chi connectivity index (χ3n) is 3.97. The number of hydrogen-bond acceptors (Lipinski definition) is 5. The molecule has 6 heteroatoms. The summed E-state index contributed by atoms with van der Waals surface area (Å²) in [5.41, 5.74) is 2.55. The van der Waals surface area contributed by atoms with Gasteiger partial charge in [-0.3, -0.25) is 9.69 Å². The minimum Gasteiger partial charge on any atom is -0.353 e. The molecule has 118 valence electrons. The van der Waals surface area contributed by atoms with Crippen molar-refractivity contribution in [1.29, 1.82) is 5.26 Å². The van der Waals surface area contributed by atoms with Gasteiger partial charge in [-0.2, -0.15) is 5.26 Å². The summed E-state index contributed by atoms with van der Waals surface area (Å²) in [6.45, 7) is 7.52. The number of hydrogen-bond donors (Lipinski definition) is 0. The highest BCUT2D eigenvalue weighted by atomic mass is 16.2. The lowest BCUT2D eigenvalue weighted by atomic mass is 10.1. The van der Waals surface area contributed by atoms with Crippen LogP contribution in [0.3, 0.4) is 0 Å². The third kappa shape index (κ3) is 3.55. The summed E-state index contributed by atoms with van der Waals surface area (Å²) in [6, 6.07) is 4.21. The van der Waals surface area contributed by atoms with E-state index in [1.807, 2.05) is 19.9 Å². The van der Waals surface area contributed by atoms with Crippen molar-refractivity contribution >= 4 is 11.7 Å². The van der Waals surface area contributed by atoms with Crippen LogP contribution in [-0.2, 0) is 4.79 Å². The van der Waals surface area contributed by atoms with Gasteiger partial charge in [-0.1, -0.05) is 0 Å². The number of pyridine rings is 1. The Morgan fingerprint density at radius 2 is 1.95 bits per heavy atom. The molecule has 0 unspecified atom stereocenters. The Morgan fingerprint density at radius 1 is 1.32 bits per heavy atom. The van der Waals surface area contributed by atoms with Gasteiger partial charge in [-0.15, -0.1) is 0 Å². The maximum Gasteiger partial charge on any atom is 0.236 e. The molecule has 1 aliphatic rings. The summed E-state index contributed by atoms with van der Waals surface area (Å²) in [6.07, 6.45) is 0. The van der Waals surface area contributed by atoms with E-state index in [1.54, 1.807) is 19.0 Å². The van der Waals surface area contributed by atoms with Crippen molar-refractivity contribution < 1.29 is 4.79 Å². The molecule has 0 atom stereocenters. The van der Waals surface area contributed by atoms with Gasteiger partial charge in [0.1, 0.15) is 11.9 Å². The summed E-state index contributed by atoms with van der Waals surface area (Å²) < 4.78 is 0. The molecule has 0 radical (unpaired) electrons. The van der Waals surface area contributed by atoms with E-state index < -0.39 is 0 Å². The van der Waals surface area contributed by atoms with E-state index in [0.717, 1.165) is 43.3 Å². The molecule has 0 spiro atoms. The van der Waals surface area contributed by atoms with Crippen LogP contribution < -0.4 is 4.90 Å². The largest absolute Gasteiger partial charge is 0.353 e. The molecule has 1 aliphatic heterocycles. The number of nitrogens with zero attached hydrogens (tertiary/aromatic N) is 5. The molecule has 0 saturated carbocycles. The molecule has 1 amide bonds. The molecule has 0 aromatic carbocycles. The number of carbonyl (C=O) groups is 1. The zero-order valence-corrected chi connectivity index (χ0v) is 13.8. The first-order valence-corrected chi connectivity index (χ1v) is 7.48. The van der Waals surface area contributed by atoms with Crippen LogP contribution >= 0.6 is 0 Å². The highest BCUT2D eigenvalue weighted by molar-refractivity contribution is 5.77. The molecule has 1 aromatic heterocycles. The second-order valence-electron chi connectivity index (χ2n) is 5.94. The molecule has 0 aliphatic carbocycles. The minimum atomic E-state index is 0.121. The van der Waals surface area contributed by atoms with Gasteiger partial charge >= 0.3 is 0 Å². The average Bonchev–Trinajstić information content (AvgIpc) is 2.47. The Labute approximate surface area is 131 Å². The number of amides is 1. The second kappa shape index (κ2) is 6.75. The summed E-state index contributed by atoms with van der Waals surface area (Å²) >= 11 is 0. The molecule has 6 nitrogen and oxygen atoms in total. The van der Waals surface area contributed by atoms with Crippen molar-refractivity contribution in [2.45, 2.75) is 13.8 Å². The van der Waals surface area contributed by atoms with Crippen LogP contribution in [0, 0.1) is 25.2 Å². The van der Waals surface area contributed by atoms with Crippen LogP contribution in [0.4, 0.5) is 5.82 Å². The number of nitriles is 1. The van der Waals surface area contributed by atoms with Gasteiger partial charge in [-0.05, 0) is 25.5 Å². The fourth-order valence-corrected chi connectivity index (χ4v) is 2.63. The number of piperazine rings is 1. The van der Waals surface area contributed by atoms with Gasteiger partial charge in [0.05, 0.1) is 12.1 Å². The second-order valence-corrected chi connectivity index (χ2v) is 5.94. The van der Waals surface area contributed by atoms with E-state index >= 15 is 0 Å². The number of anilines is 1. The van der Waals surface area contributed by atoms with Gasteiger partial charge < -0.3 is 9.80 Å². The Kier molecular flexibility index (Phi) is 4.99. The summed E-state index contributed by atoms with van der Waals surface area (Å²) in [5, 5.41) is 9.38. The van der Waals surface area contributed by atoms with Crippen molar-refractivity contribution in [2.24, 2.45) is 0 Å². The third-order valence-corrected chi connectivity index (χ3v) is 3.97. The molecule has 0 bridgehead atoms. The molecule has 1 fully saturated rings. The standard InChI is InChI=1S/C16H23N5O/c1-12-9-13(2)18-16(14(12)10-17)21-7-5-20(6-8-21)11-15(22)19(3)4/h9H,5-8,11H2,1-4H3. The Balaban J connectivity index is 2.06. The Morgan fingerprint density at radius 3 is 2.50 bits per heavy atom. The quantitative estimate of drug-likeness (QED) is 0.825. The molecule has 22 heavy (non-hydrogen) atoms. The number of carbonyl (C=O) groups excluding carboxylic acids is 1. The molecular formula is C16H23N5O. The molecule has 1 saturated heterocycles. The summed E-state index contributed by atoms with van der Waals surface area (Å²) in [5.74, 6) is 0.897. The summed E-state index contributed by atoms with van der Waals surface area (Å²) in [4.78, 5) is 22.2. The van der Waals surface area contributed by atoms with Crippen molar-refractivity contribution in [2.75, 3.05) is 51.7 Å². The van der Waals surface area contributed by atoms with E-state index in [0.29, 0.717) is 12.1 Å². The molecule has 1 aromatic rings. The number of likely N-dealkylation sites (N-methyl/N-ethyl adjacent to an activating group) is 1. The van der Waals surface area contributed by atoms with Crippen LogP contribution in [0.25, 0.3) is 0 Å². The maximum absolute atomic E-state index is 11.8. The fraction of sp³-hybridized carbons (Fsp3) is 0.562. The monoisotopic (exact) mass is 301 g/mol. The topological polar surface area (TPSA) is 63.5 Å². The van der Waals surface area contributed by atoms with E-state index in [2.05, 4.69) is 20.9 Å². The van der Waals surface area contributed by atoms with Gasteiger partial charge in [0.25, 0.3) is 0 Å². The molecule has 2 heterocycles. The smallest absolute Gasteiger partial charge is 0.236 e. The zero-order chi connectivity index (χ0) is 16.3. The average molecular weight is 301 g/mol. The number of aromatic nitrogens is 1. The van der Waals surface area contributed by atoms with Crippen LogP contribution in [0.1, 0.15) is 16.8 Å². The van der Waals surface area contributed by atoms with Crippen LogP contribution in [0.5, 0.6) is 0 Å². The van der Waals surface area contributed by atoms with E-state index in [9.17, 15) is 10.1 Å². The fourth-order valence-electron chi connectivity index (χ4n) is 2.63. The van der Waals surface area contributed by atoms with Crippen LogP contribution in [0.15, 0.2) is 6.07 Å². The van der Waals surface area contributed by atoms with Crippen molar-refractivity contribution in [1.82, 2.24) is 14.8 Å². The van der Waals surface area contributed by atoms with Gasteiger partial charge in [-0.25, -0.2) is 4.98 Å². The first-order chi connectivity index (χ1) is 10.4. The number of aryl methyl sites for hydroxylation is 2. The van der Waals surface area contributed by atoms with E-state index in [4.69, 9.17) is 0 Å². The first-order valence-electron chi connectivity index (χ1n) is 7.48. The van der Waals surface area contributed by atoms with Gasteiger partial charge in [0.15, 0.2) is 0 Å². The lowest BCUT2D eigenvalue weighted by Gasteiger charge is -2.36. The lowest BCUT2D eigenvalue weighted by Crippen LogP contribution is -2.49.